The maximum Gasteiger partial charge on any atom is 0.289 e. The van der Waals surface area contributed by atoms with Crippen LogP contribution in [0.1, 0.15) is 28.8 Å². The van der Waals surface area contributed by atoms with E-state index in [0.717, 1.165) is 20.8 Å². The van der Waals surface area contributed by atoms with E-state index in [-0.39, 0.29) is 29.0 Å². The van der Waals surface area contributed by atoms with E-state index in [1.165, 1.54) is 35.6 Å². The Kier molecular flexibility index (Phi) is 7.74. The molecule has 0 unspecified atom stereocenters. The summed E-state index contributed by atoms with van der Waals surface area (Å²) in [7, 11) is -4.21. The molecule has 1 aliphatic carbocycles. The lowest BCUT2D eigenvalue weighted by atomic mass is 10.2. The van der Waals surface area contributed by atoms with E-state index >= 15 is 0 Å². The van der Waals surface area contributed by atoms with Gasteiger partial charge >= 0.3 is 0 Å². The second-order valence-corrected chi connectivity index (χ2v) is 11.9. The third-order valence-corrected chi connectivity index (χ3v) is 9.13. The predicted octanol–water partition coefficient (Wildman–Crippen LogP) is 5.14. The number of benzene rings is 2. The maximum absolute atomic E-state index is 13.5. The molecule has 36 heavy (non-hydrogen) atoms. The van der Waals surface area contributed by atoms with Crippen LogP contribution in [-0.4, -0.2) is 41.0 Å². The van der Waals surface area contributed by atoms with Gasteiger partial charge in [-0.1, -0.05) is 23.7 Å². The summed E-state index contributed by atoms with van der Waals surface area (Å²) >= 11 is 7.35. The quantitative estimate of drug-likeness (QED) is 0.256. The molecule has 190 valence electrons. The molecule has 0 bridgehead atoms. The number of sulfonamides is 1. The van der Waals surface area contributed by atoms with E-state index < -0.39 is 38.9 Å². The van der Waals surface area contributed by atoms with Crippen LogP contribution in [-0.2, 0) is 27.9 Å². The van der Waals surface area contributed by atoms with Crippen molar-refractivity contribution in [3.63, 3.8) is 0 Å². The van der Waals surface area contributed by atoms with Crippen LogP contribution in [0.3, 0.4) is 0 Å². The molecule has 1 amide bonds. The molecule has 1 fully saturated rings. The van der Waals surface area contributed by atoms with Crippen LogP contribution in [0.15, 0.2) is 58.8 Å². The second kappa shape index (κ2) is 10.6. The summed E-state index contributed by atoms with van der Waals surface area (Å²) in [6.45, 7) is 1.95. The first kappa shape index (κ1) is 26.2. The zero-order chi connectivity index (χ0) is 26.0. The fourth-order valence-electron chi connectivity index (χ4n) is 3.72. The Labute approximate surface area is 217 Å². The number of nitro benzene ring substituents is 1. The zero-order valence-corrected chi connectivity index (χ0v) is 21.7. The minimum absolute atomic E-state index is 0.168. The van der Waals surface area contributed by atoms with Gasteiger partial charge in [0.1, 0.15) is 10.8 Å². The molecule has 1 heterocycles. The highest BCUT2D eigenvalue weighted by atomic mass is 35.5. The fraction of sp³-hybridized carbons (Fsp3) is 0.292. The Bertz CT molecular complexity index is 1390. The topological polar surface area (TPSA) is 101 Å². The minimum atomic E-state index is -4.21. The molecule has 12 heteroatoms. The molecule has 0 N–H and O–H groups in total. The molecular formula is C24H23ClFN3O5S2. The van der Waals surface area contributed by atoms with Gasteiger partial charge in [0.25, 0.3) is 5.69 Å². The molecular weight excluding hydrogens is 529 g/mol. The molecule has 1 aromatic heterocycles. The summed E-state index contributed by atoms with van der Waals surface area (Å²) in [5, 5.41) is 13.0. The third-order valence-electron chi connectivity index (χ3n) is 5.91. The van der Waals surface area contributed by atoms with E-state index in [0.29, 0.717) is 18.4 Å². The van der Waals surface area contributed by atoms with Crippen molar-refractivity contribution in [1.82, 2.24) is 9.21 Å². The number of halogens is 2. The van der Waals surface area contributed by atoms with E-state index in [9.17, 15) is 27.7 Å². The summed E-state index contributed by atoms with van der Waals surface area (Å²) in [5.74, 6) is -0.820. The van der Waals surface area contributed by atoms with E-state index in [1.807, 2.05) is 18.4 Å². The van der Waals surface area contributed by atoms with Crippen molar-refractivity contribution in [2.45, 2.75) is 43.8 Å². The summed E-state index contributed by atoms with van der Waals surface area (Å²) < 4.78 is 41.5. The van der Waals surface area contributed by atoms with Gasteiger partial charge in [0.15, 0.2) is 0 Å². The number of rotatable bonds is 10. The number of carbonyl (C=O) groups is 1. The van der Waals surface area contributed by atoms with Crippen molar-refractivity contribution in [3.8, 4) is 0 Å². The zero-order valence-electron chi connectivity index (χ0n) is 19.3. The van der Waals surface area contributed by atoms with Gasteiger partial charge in [-0.05, 0) is 66.6 Å². The van der Waals surface area contributed by atoms with E-state index in [2.05, 4.69) is 0 Å². The number of thiophene rings is 1. The molecule has 0 atom stereocenters. The number of hydrogen-bond acceptors (Lipinski definition) is 6. The predicted molar refractivity (Wildman–Crippen MR) is 135 cm³/mol. The van der Waals surface area contributed by atoms with Crippen molar-refractivity contribution in [1.29, 1.82) is 0 Å². The van der Waals surface area contributed by atoms with Gasteiger partial charge in [-0.25, -0.2) is 12.8 Å². The minimum Gasteiger partial charge on any atom is -0.332 e. The van der Waals surface area contributed by atoms with Crippen molar-refractivity contribution in [2.75, 3.05) is 6.54 Å². The van der Waals surface area contributed by atoms with Crippen LogP contribution in [0.2, 0.25) is 5.02 Å². The lowest BCUT2D eigenvalue weighted by Gasteiger charge is -2.27. The lowest BCUT2D eigenvalue weighted by molar-refractivity contribution is -0.384. The van der Waals surface area contributed by atoms with Crippen molar-refractivity contribution in [3.05, 3.63) is 90.9 Å². The van der Waals surface area contributed by atoms with Gasteiger partial charge < -0.3 is 4.90 Å². The fourth-order valence-corrected chi connectivity index (χ4v) is 6.48. The Hall–Kier alpha value is -2.86. The van der Waals surface area contributed by atoms with Crippen molar-refractivity contribution in [2.24, 2.45) is 0 Å². The molecule has 1 aliphatic rings. The summed E-state index contributed by atoms with van der Waals surface area (Å²) in [4.78, 5) is 26.3. The van der Waals surface area contributed by atoms with E-state index in [1.54, 1.807) is 17.0 Å². The van der Waals surface area contributed by atoms with Crippen molar-refractivity contribution < 1.29 is 22.5 Å². The number of nitro groups is 1. The highest BCUT2D eigenvalue weighted by Crippen LogP contribution is 2.35. The highest BCUT2D eigenvalue weighted by molar-refractivity contribution is 7.89. The van der Waals surface area contributed by atoms with Crippen LogP contribution >= 0.6 is 22.9 Å². The van der Waals surface area contributed by atoms with Crippen LogP contribution < -0.4 is 0 Å². The molecule has 0 aliphatic heterocycles. The van der Waals surface area contributed by atoms with Gasteiger partial charge in [-0.15, -0.1) is 11.3 Å². The molecule has 0 spiro atoms. The first-order valence-electron chi connectivity index (χ1n) is 11.1. The lowest BCUT2D eigenvalue weighted by Crippen LogP contribution is -2.43. The van der Waals surface area contributed by atoms with Gasteiger partial charge in [0.05, 0.1) is 22.9 Å². The van der Waals surface area contributed by atoms with Crippen molar-refractivity contribution >= 4 is 44.6 Å². The summed E-state index contributed by atoms with van der Waals surface area (Å²) in [5.41, 5.74) is 1.19. The monoisotopic (exact) mass is 551 g/mol. The Morgan fingerprint density at radius 3 is 2.44 bits per heavy atom. The Morgan fingerprint density at radius 1 is 1.17 bits per heavy atom. The van der Waals surface area contributed by atoms with Crippen LogP contribution in [0.4, 0.5) is 10.1 Å². The molecule has 0 radical (unpaired) electrons. The second-order valence-electron chi connectivity index (χ2n) is 8.55. The van der Waals surface area contributed by atoms with Gasteiger partial charge in [0.2, 0.25) is 15.9 Å². The van der Waals surface area contributed by atoms with Crippen LogP contribution in [0.25, 0.3) is 0 Å². The number of carbonyl (C=O) groups excluding carboxylic acids is 1. The normalized spacial score (nSPS) is 13.7. The van der Waals surface area contributed by atoms with Gasteiger partial charge in [0, 0.05) is 23.5 Å². The van der Waals surface area contributed by atoms with Crippen LogP contribution in [0, 0.1) is 22.9 Å². The number of amides is 1. The molecule has 2 aromatic carbocycles. The summed E-state index contributed by atoms with van der Waals surface area (Å²) in [6.07, 6.45) is 1.17. The molecule has 3 aromatic rings. The standard InChI is InChI=1S/C24H23ClFN3O5S2/c1-16-10-11-35-23(16)14-27(13-17-2-4-18(26)5-3-17)24(30)15-28(19-6-7-19)36(33,34)20-8-9-21(25)22(12-20)29(31)32/h2-5,8-12,19H,6-7,13-15H2,1H3. The average molecular weight is 552 g/mol. The Morgan fingerprint density at radius 2 is 1.86 bits per heavy atom. The highest BCUT2D eigenvalue weighted by Gasteiger charge is 2.40. The number of hydrogen-bond donors (Lipinski definition) is 0. The molecule has 4 rings (SSSR count). The third kappa shape index (κ3) is 5.92. The Balaban J connectivity index is 1.62. The first-order valence-corrected chi connectivity index (χ1v) is 13.8. The maximum atomic E-state index is 13.5. The van der Waals surface area contributed by atoms with Crippen LogP contribution in [0.5, 0.6) is 0 Å². The molecule has 0 saturated heterocycles. The van der Waals surface area contributed by atoms with Gasteiger partial charge in [-0.3, -0.25) is 14.9 Å². The SMILES string of the molecule is Cc1ccsc1CN(Cc1ccc(F)cc1)C(=O)CN(C1CC1)S(=O)(=O)c1ccc(Cl)c([N+](=O)[O-])c1. The molecule has 8 nitrogen and oxygen atoms in total. The average Bonchev–Trinajstić information content (AvgIpc) is 3.59. The van der Waals surface area contributed by atoms with Gasteiger partial charge in [-0.2, -0.15) is 4.31 Å². The molecule has 1 saturated carbocycles. The van der Waals surface area contributed by atoms with E-state index in [4.69, 9.17) is 11.6 Å². The first-order chi connectivity index (χ1) is 17.1. The smallest absolute Gasteiger partial charge is 0.289 e. The number of nitrogens with zero attached hydrogens (tertiary/aromatic N) is 3. The summed E-state index contributed by atoms with van der Waals surface area (Å²) in [6, 6.07) is 10.6. The number of aryl methyl sites for hydroxylation is 1. The largest absolute Gasteiger partial charge is 0.332 e.